The van der Waals surface area contributed by atoms with E-state index in [0.717, 1.165) is 6.26 Å². The normalized spacial score (nSPS) is 18.9. The number of benzene rings is 1. The smallest absolute Gasteiger partial charge is 0.376 e. The number of aromatic nitrogens is 2. The van der Waals surface area contributed by atoms with Crippen LogP contribution < -0.4 is 10.6 Å². The number of pyridine rings is 1. The van der Waals surface area contributed by atoms with Crippen LogP contribution in [0.15, 0.2) is 47.5 Å². The molecule has 12 heteroatoms. The third-order valence-corrected chi connectivity index (χ3v) is 7.20. The molecule has 0 unspecified atom stereocenters. The van der Waals surface area contributed by atoms with Crippen LogP contribution in [0.1, 0.15) is 17.8 Å². The molecule has 0 radical (unpaired) electrons. The van der Waals surface area contributed by atoms with Crippen LogP contribution in [0.2, 0.25) is 0 Å². The van der Waals surface area contributed by atoms with E-state index in [-0.39, 0.29) is 35.0 Å². The highest BCUT2D eigenvalue weighted by atomic mass is 32.2. The molecule has 1 saturated heterocycles. The number of likely N-dealkylation sites (tertiary alicyclic amines) is 1. The number of hydrogen-bond donors (Lipinski definition) is 2. The predicted octanol–water partition coefficient (Wildman–Crippen LogP) is 3.76. The van der Waals surface area contributed by atoms with Gasteiger partial charge in [0.05, 0.1) is 35.3 Å². The van der Waals surface area contributed by atoms with Crippen LogP contribution in [-0.2, 0) is 16.3 Å². The number of hydrogen-bond acceptors (Lipinski definition) is 6. The van der Waals surface area contributed by atoms with Gasteiger partial charge in [-0.3, -0.25) is 0 Å². The summed E-state index contributed by atoms with van der Waals surface area (Å²) in [5, 5.41) is 6.12. The Balaban J connectivity index is 1.58. The summed E-state index contributed by atoms with van der Waals surface area (Å²) in [6, 6.07) is 8.86. The lowest BCUT2D eigenvalue weighted by atomic mass is 10.0. The molecule has 1 aliphatic rings. The number of nitrogens with zero attached hydrogens (tertiary/aromatic N) is 3. The van der Waals surface area contributed by atoms with Crippen molar-refractivity contribution in [2.45, 2.75) is 36.1 Å². The van der Waals surface area contributed by atoms with Gasteiger partial charge in [-0.25, -0.2) is 17.8 Å². The number of rotatable bonds is 6. The number of nitrogens with one attached hydrogen (secondary N) is 2. The molecule has 7 nitrogen and oxygen atoms in total. The molecule has 4 rings (SSSR count). The van der Waals surface area contributed by atoms with Crippen LogP contribution in [-0.4, -0.2) is 74.0 Å². The first-order chi connectivity index (χ1) is 17.4. The minimum absolute atomic E-state index is 0.0130. The first kappa shape index (κ1) is 26.8. The molecule has 1 aromatic carbocycles. The van der Waals surface area contributed by atoms with Crippen LogP contribution in [0.25, 0.3) is 5.65 Å². The molecule has 1 fully saturated rings. The van der Waals surface area contributed by atoms with E-state index in [2.05, 4.69) is 27.5 Å². The second-order valence-electron chi connectivity index (χ2n) is 9.08. The van der Waals surface area contributed by atoms with Crippen LogP contribution in [0.4, 0.5) is 28.9 Å². The van der Waals surface area contributed by atoms with Gasteiger partial charge in [-0.2, -0.15) is 13.2 Å². The zero-order chi connectivity index (χ0) is 26.8. The highest BCUT2D eigenvalue weighted by Crippen LogP contribution is 2.28. The van der Waals surface area contributed by atoms with Crippen LogP contribution in [0, 0.1) is 11.8 Å². The number of fused-ring (bicyclic) bond motifs is 1. The fourth-order valence-corrected chi connectivity index (χ4v) is 4.83. The molecule has 198 valence electrons. The molecule has 3 aromatic rings. The standard InChI is InChI=1S/C25H27F4N5O2S/c1-33-14-11-20(19(26)16-33)31-22-6-4-13-34-23(15-25(27,28)29)21(32-24(22)34)5-3-12-30-17-7-9-18(10-8-17)37(2,35)36/h4,6-10,13,19-20,30-31H,11-12,14-16H2,1-2H3/t19-,20+/m0/s1. The van der Waals surface area contributed by atoms with Crippen molar-refractivity contribution in [2.75, 3.05) is 43.6 Å². The zero-order valence-electron chi connectivity index (χ0n) is 20.3. The fourth-order valence-electron chi connectivity index (χ4n) is 4.20. The maximum absolute atomic E-state index is 14.6. The van der Waals surface area contributed by atoms with Gasteiger partial charge in [-0.1, -0.05) is 5.92 Å². The summed E-state index contributed by atoms with van der Waals surface area (Å²) in [7, 11) is -1.48. The van der Waals surface area contributed by atoms with Gasteiger partial charge in [-0.15, -0.1) is 0 Å². The second-order valence-corrected chi connectivity index (χ2v) is 11.1. The predicted molar refractivity (Wildman–Crippen MR) is 134 cm³/mol. The Morgan fingerprint density at radius 1 is 1.19 bits per heavy atom. The van der Waals surface area contributed by atoms with Crippen LogP contribution in [0.3, 0.4) is 0 Å². The monoisotopic (exact) mass is 537 g/mol. The summed E-state index contributed by atoms with van der Waals surface area (Å²) < 4.78 is 79.3. The minimum Gasteiger partial charge on any atom is -0.376 e. The second kappa shape index (κ2) is 10.6. The molecule has 2 atom stereocenters. The molecular weight excluding hydrogens is 510 g/mol. The maximum atomic E-state index is 14.6. The molecule has 0 amide bonds. The summed E-state index contributed by atoms with van der Waals surface area (Å²) >= 11 is 0. The lowest BCUT2D eigenvalue weighted by Crippen LogP contribution is -2.46. The number of imidazole rings is 1. The van der Waals surface area contributed by atoms with Gasteiger partial charge < -0.3 is 19.9 Å². The van der Waals surface area contributed by atoms with Gasteiger partial charge >= 0.3 is 6.18 Å². The SMILES string of the molecule is CN1CC[C@@H](Nc2cccn3c(CC(F)(F)F)c(C#CCNc4ccc(S(C)(=O)=O)cc4)nc23)[C@@H](F)C1. The van der Waals surface area contributed by atoms with Crippen LogP contribution >= 0.6 is 0 Å². The molecule has 0 bridgehead atoms. The van der Waals surface area contributed by atoms with Crippen molar-refractivity contribution < 1.29 is 26.0 Å². The zero-order valence-corrected chi connectivity index (χ0v) is 21.1. The van der Waals surface area contributed by atoms with Crippen molar-refractivity contribution in [2.24, 2.45) is 0 Å². The molecule has 0 aliphatic carbocycles. The fraction of sp³-hybridized carbons (Fsp3) is 0.400. The largest absolute Gasteiger partial charge is 0.394 e. The number of piperidine rings is 1. The van der Waals surface area contributed by atoms with Gasteiger partial charge in [-0.05, 0) is 55.8 Å². The van der Waals surface area contributed by atoms with Gasteiger partial charge in [0, 0.05) is 31.2 Å². The van der Waals surface area contributed by atoms with Crippen molar-refractivity contribution in [3.63, 3.8) is 0 Å². The molecule has 0 saturated carbocycles. The number of halogens is 4. The highest BCUT2D eigenvalue weighted by Gasteiger charge is 2.32. The van der Waals surface area contributed by atoms with E-state index in [1.165, 1.54) is 22.7 Å². The Kier molecular flexibility index (Phi) is 7.66. The maximum Gasteiger partial charge on any atom is 0.394 e. The van der Waals surface area contributed by atoms with Gasteiger partial charge in [0.1, 0.15) is 11.9 Å². The van der Waals surface area contributed by atoms with E-state index in [4.69, 9.17) is 0 Å². The Morgan fingerprint density at radius 2 is 1.92 bits per heavy atom. The molecule has 37 heavy (non-hydrogen) atoms. The third kappa shape index (κ3) is 6.72. The number of anilines is 2. The van der Waals surface area contributed by atoms with E-state index in [0.29, 0.717) is 24.3 Å². The molecule has 3 heterocycles. The quantitative estimate of drug-likeness (QED) is 0.368. The van der Waals surface area contributed by atoms with Crippen molar-refractivity contribution in [1.29, 1.82) is 0 Å². The molecule has 1 aliphatic heterocycles. The molecule has 2 N–H and O–H groups in total. The Bertz CT molecular complexity index is 1430. The first-order valence-corrected chi connectivity index (χ1v) is 13.5. The summed E-state index contributed by atoms with van der Waals surface area (Å²) in [5.74, 6) is 5.51. The average molecular weight is 538 g/mol. The van der Waals surface area contributed by atoms with Gasteiger partial charge in [0.15, 0.2) is 15.5 Å². The minimum atomic E-state index is -4.48. The Morgan fingerprint density at radius 3 is 2.57 bits per heavy atom. The van der Waals surface area contributed by atoms with Crippen molar-refractivity contribution >= 4 is 26.9 Å². The topological polar surface area (TPSA) is 78.7 Å². The summed E-state index contributed by atoms with van der Waals surface area (Å²) in [6.45, 7) is 1.08. The Hall–Kier alpha value is -3.30. The third-order valence-electron chi connectivity index (χ3n) is 6.07. The van der Waals surface area contributed by atoms with Crippen molar-refractivity contribution in [1.82, 2.24) is 14.3 Å². The molecule has 0 spiro atoms. The Labute approximate surface area is 212 Å². The van der Waals surface area contributed by atoms with Crippen molar-refractivity contribution in [3.05, 3.63) is 54.0 Å². The van der Waals surface area contributed by atoms with E-state index >= 15 is 0 Å². The number of alkyl halides is 4. The van der Waals surface area contributed by atoms with E-state index < -0.39 is 34.6 Å². The lowest BCUT2D eigenvalue weighted by molar-refractivity contribution is -0.128. The van der Waals surface area contributed by atoms with Crippen LogP contribution in [0.5, 0.6) is 0 Å². The van der Waals surface area contributed by atoms with E-state index in [1.807, 2.05) is 11.9 Å². The average Bonchev–Trinajstić information content (AvgIpc) is 3.15. The molecular formula is C25H27F4N5O2S. The van der Waals surface area contributed by atoms with Gasteiger partial charge in [0.2, 0.25) is 0 Å². The van der Waals surface area contributed by atoms with E-state index in [1.54, 1.807) is 24.3 Å². The van der Waals surface area contributed by atoms with E-state index in [9.17, 15) is 26.0 Å². The number of sulfone groups is 1. The van der Waals surface area contributed by atoms with Crippen molar-refractivity contribution in [3.8, 4) is 11.8 Å². The summed E-state index contributed by atoms with van der Waals surface area (Å²) in [6.07, 6.45) is -3.67. The van der Waals surface area contributed by atoms with Gasteiger partial charge in [0.25, 0.3) is 0 Å². The summed E-state index contributed by atoms with van der Waals surface area (Å²) in [5.41, 5.74) is 1.19. The summed E-state index contributed by atoms with van der Waals surface area (Å²) in [4.78, 5) is 6.45. The lowest BCUT2D eigenvalue weighted by Gasteiger charge is -2.33. The first-order valence-electron chi connectivity index (χ1n) is 11.6. The molecule has 2 aromatic heterocycles. The highest BCUT2D eigenvalue weighted by molar-refractivity contribution is 7.90.